The second kappa shape index (κ2) is 7.73. The molecule has 0 aliphatic carbocycles. The Balaban J connectivity index is 2.15. The number of carbonyl (C=O) groups excluding carboxylic acids is 3. The van der Waals surface area contributed by atoms with Crippen LogP contribution in [-0.2, 0) is 25.6 Å². The van der Waals surface area contributed by atoms with Gasteiger partial charge >= 0.3 is 17.7 Å². The Kier molecular flexibility index (Phi) is 5.68. The zero-order chi connectivity index (χ0) is 18.4. The van der Waals surface area contributed by atoms with E-state index >= 15 is 0 Å². The van der Waals surface area contributed by atoms with E-state index in [4.69, 9.17) is 4.84 Å². The monoisotopic (exact) mass is 351 g/mol. The van der Waals surface area contributed by atoms with Crippen LogP contribution in [0.15, 0.2) is 35.5 Å². The Morgan fingerprint density at radius 3 is 2.64 bits per heavy atom. The molecule has 1 aromatic rings. The molecule has 0 bridgehead atoms. The summed E-state index contributed by atoms with van der Waals surface area (Å²) < 4.78 is 19.5. The van der Waals surface area contributed by atoms with Crippen LogP contribution in [0.25, 0.3) is 0 Å². The minimum atomic E-state index is -3.24. The molecule has 9 heteroatoms. The van der Waals surface area contributed by atoms with E-state index in [1.807, 2.05) is 35.6 Å². The summed E-state index contributed by atoms with van der Waals surface area (Å²) in [5.74, 6) is -2.93. The maximum absolute atomic E-state index is 15.0. The van der Waals surface area contributed by atoms with Crippen molar-refractivity contribution in [1.29, 1.82) is 0 Å². The van der Waals surface area contributed by atoms with E-state index < -0.39 is 29.8 Å². The van der Waals surface area contributed by atoms with Crippen molar-refractivity contribution in [2.45, 2.75) is 32.2 Å². The SMILES string of the molecule is CCOC(=O)C1(F)C(=O)NC(=O)NC1ON=C(C)Cc1ccccc1. The number of hydrogen-bond donors (Lipinski definition) is 2. The molecule has 2 unspecified atom stereocenters. The summed E-state index contributed by atoms with van der Waals surface area (Å²) >= 11 is 0. The number of nitrogens with one attached hydrogen (secondary N) is 2. The number of imide groups is 1. The molecule has 1 saturated heterocycles. The van der Waals surface area contributed by atoms with Crippen molar-refractivity contribution >= 4 is 23.6 Å². The van der Waals surface area contributed by atoms with Gasteiger partial charge in [-0.2, -0.15) is 0 Å². The van der Waals surface area contributed by atoms with E-state index in [9.17, 15) is 18.8 Å². The number of rotatable bonds is 6. The van der Waals surface area contributed by atoms with Gasteiger partial charge in [-0.15, -0.1) is 0 Å². The first-order valence-electron chi connectivity index (χ1n) is 7.59. The van der Waals surface area contributed by atoms with Crippen LogP contribution in [0.3, 0.4) is 0 Å². The third kappa shape index (κ3) is 4.11. The highest BCUT2D eigenvalue weighted by molar-refractivity contribution is 6.14. The molecule has 134 valence electrons. The number of alkyl halides is 1. The number of carbonyl (C=O) groups is 3. The summed E-state index contributed by atoms with van der Waals surface area (Å²) in [6.07, 6.45) is -1.52. The lowest BCUT2D eigenvalue weighted by molar-refractivity contribution is -0.179. The van der Waals surface area contributed by atoms with Gasteiger partial charge in [-0.25, -0.2) is 14.0 Å². The average molecular weight is 351 g/mol. The fourth-order valence-corrected chi connectivity index (χ4v) is 2.17. The summed E-state index contributed by atoms with van der Waals surface area (Å²) in [6.45, 7) is 2.94. The van der Waals surface area contributed by atoms with Crippen LogP contribution < -0.4 is 10.6 Å². The minimum absolute atomic E-state index is 0.144. The number of esters is 1. The van der Waals surface area contributed by atoms with E-state index in [1.165, 1.54) is 6.92 Å². The van der Waals surface area contributed by atoms with Crippen LogP contribution in [0.1, 0.15) is 19.4 Å². The summed E-state index contributed by atoms with van der Waals surface area (Å²) in [7, 11) is 0. The highest BCUT2D eigenvalue weighted by atomic mass is 19.1. The Bertz CT molecular complexity index is 694. The van der Waals surface area contributed by atoms with Crippen molar-refractivity contribution in [2.75, 3.05) is 6.61 Å². The van der Waals surface area contributed by atoms with Gasteiger partial charge in [0.05, 0.1) is 12.3 Å². The fraction of sp³-hybridized carbons (Fsp3) is 0.375. The van der Waals surface area contributed by atoms with E-state index in [-0.39, 0.29) is 6.61 Å². The molecule has 1 aliphatic rings. The fourth-order valence-electron chi connectivity index (χ4n) is 2.17. The number of nitrogens with zero attached hydrogens (tertiary/aromatic N) is 1. The van der Waals surface area contributed by atoms with Gasteiger partial charge in [-0.1, -0.05) is 35.5 Å². The standard InChI is InChI=1S/C16H18FN3O5/c1-3-24-14(22)16(17)12(21)18-15(23)19-13(16)25-20-10(2)9-11-7-5-4-6-8-11/h4-8,13H,3,9H2,1-2H3,(H2,18,19,21,23). The number of hydrogen-bond acceptors (Lipinski definition) is 6. The molecule has 2 rings (SSSR count). The maximum atomic E-state index is 15.0. The van der Waals surface area contributed by atoms with Gasteiger partial charge in [0.15, 0.2) is 0 Å². The second-order valence-corrected chi connectivity index (χ2v) is 5.33. The summed E-state index contributed by atoms with van der Waals surface area (Å²) in [6, 6.07) is 8.30. The van der Waals surface area contributed by atoms with Gasteiger partial charge in [0, 0.05) is 6.42 Å². The molecule has 0 saturated carbocycles. The topological polar surface area (TPSA) is 106 Å². The van der Waals surface area contributed by atoms with Crippen molar-refractivity contribution in [1.82, 2.24) is 10.6 Å². The third-order valence-corrected chi connectivity index (χ3v) is 3.37. The minimum Gasteiger partial charge on any atom is -0.463 e. The molecule has 1 fully saturated rings. The molecule has 0 aromatic heterocycles. The quantitative estimate of drug-likeness (QED) is 0.345. The van der Waals surface area contributed by atoms with Crippen molar-refractivity contribution in [3.05, 3.63) is 35.9 Å². The first-order chi connectivity index (χ1) is 11.9. The summed E-state index contributed by atoms with van der Waals surface area (Å²) in [4.78, 5) is 40.0. The zero-order valence-corrected chi connectivity index (χ0v) is 13.7. The molecule has 25 heavy (non-hydrogen) atoms. The van der Waals surface area contributed by atoms with E-state index in [1.54, 1.807) is 12.2 Å². The molecule has 1 aliphatic heterocycles. The van der Waals surface area contributed by atoms with Crippen molar-refractivity contribution in [3.8, 4) is 0 Å². The molecular formula is C16H18FN3O5. The Labute approximate surface area is 143 Å². The molecular weight excluding hydrogens is 333 g/mol. The molecule has 2 N–H and O–H groups in total. The predicted octanol–water partition coefficient (Wildman–Crippen LogP) is 1.06. The van der Waals surface area contributed by atoms with Crippen LogP contribution in [0.2, 0.25) is 0 Å². The van der Waals surface area contributed by atoms with Gasteiger partial charge < -0.3 is 9.57 Å². The van der Waals surface area contributed by atoms with Crippen molar-refractivity contribution < 1.29 is 28.3 Å². The lowest BCUT2D eigenvalue weighted by atomic mass is 10.0. The van der Waals surface area contributed by atoms with Crippen LogP contribution >= 0.6 is 0 Å². The maximum Gasteiger partial charge on any atom is 0.360 e. The zero-order valence-electron chi connectivity index (χ0n) is 13.7. The number of amides is 3. The highest BCUT2D eigenvalue weighted by Crippen LogP contribution is 2.23. The predicted molar refractivity (Wildman–Crippen MR) is 85.3 cm³/mol. The van der Waals surface area contributed by atoms with E-state index in [0.29, 0.717) is 12.1 Å². The Hall–Kier alpha value is -2.97. The third-order valence-electron chi connectivity index (χ3n) is 3.37. The number of ether oxygens (including phenoxy) is 1. The van der Waals surface area contributed by atoms with Crippen molar-refractivity contribution in [2.24, 2.45) is 5.16 Å². The van der Waals surface area contributed by atoms with E-state index in [2.05, 4.69) is 9.89 Å². The van der Waals surface area contributed by atoms with Gasteiger partial charge in [0.25, 0.3) is 12.1 Å². The Morgan fingerprint density at radius 2 is 2.00 bits per heavy atom. The first-order valence-corrected chi connectivity index (χ1v) is 7.59. The largest absolute Gasteiger partial charge is 0.463 e. The first kappa shape index (κ1) is 18.4. The smallest absolute Gasteiger partial charge is 0.360 e. The number of oxime groups is 1. The molecule has 8 nitrogen and oxygen atoms in total. The number of halogens is 1. The average Bonchev–Trinajstić information content (AvgIpc) is 2.57. The molecule has 3 amide bonds. The lowest BCUT2D eigenvalue weighted by Gasteiger charge is -2.32. The van der Waals surface area contributed by atoms with Gasteiger partial charge in [-0.05, 0) is 19.4 Å². The van der Waals surface area contributed by atoms with Crippen LogP contribution in [0.4, 0.5) is 9.18 Å². The summed E-state index contributed by atoms with van der Waals surface area (Å²) in [5, 5.41) is 7.42. The Morgan fingerprint density at radius 1 is 1.32 bits per heavy atom. The summed E-state index contributed by atoms with van der Waals surface area (Å²) in [5.41, 5.74) is -1.84. The lowest BCUT2D eigenvalue weighted by Crippen LogP contribution is -2.70. The molecule has 0 spiro atoms. The normalized spacial score (nSPS) is 23.5. The second-order valence-electron chi connectivity index (χ2n) is 5.33. The highest BCUT2D eigenvalue weighted by Gasteiger charge is 2.61. The van der Waals surface area contributed by atoms with Crippen LogP contribution in [0, 0.1) is 0 Å². The van der Waals surface area contributed by atoms with E-state index in [0.717, 1.165) is 5.56 Å². The van der Waals surface area contributed by atoms with Crippen molar-refractivity contribution in [3.63, 3.8) is 0 Å². The molecule has 0 radical (unpaired) electrons. The number of benzene rings is 1. The molecule has 1 heterocycles. The van der Waals surface area contributed by atoms with Crippen LogP contribution in [0.5, 0.6) is 0 Å². The molecule has 1 aromatic carbocycles. The molecule has 2 atom stereocenters. The van der Waals surface area contributed by atoms with Crippen LogP contribution in [-0.4, -0.2) is 42.1 Å². The van der Waals surface area contributed by atoms with Gasteiger partial charge in [0.1, 0.15) is 0 Å². The van der Waals surface area contributed by atoms with Gasteiger partial charge in [-0.3, -0.25) is 15.4 Å². The van der Waals surface area contributed by atoms with Gasteiger partial charge in [0.2, 0.25) is 0 Å². The number of urea groups is 1.